The molecular weight excluding hydrogens is 644 g/mol. The first kappa shape index (κ1) is 39.0. The summed E-state index contributed by atoms with van der Waals surface area (Å²) in [5.41, 5.74) is 6.65. The van der Waals surface area contributed by atoms with Gasteiger partial charge in [-0.2, -0.15) is 0 Å². The van der Waals surface area contributed by atoms with Crippen LogP contribution in [0.4, 0.5) is 0 Å². The highest BCUT2D eigenvalue weighted by Gasteiger charge is 2.08. The molecule has 0 saturated carbocycles. The highest BCUT2D eigenvalue weighted by molar-refractivity contribution is 5.79. The number of ketones is 1. The summed E-state index contributed by atoms with van der Waals surface area (Å²) in [6, 6.07) is 22.2. The minimum absolute atomic E-state index is 0.00476. The number of nitrogens with one attached hydrogen (secondary N) is 2. The quantitative estimate of drug-likeness (QED) is 0.0626. The molecule has 0 bridgehead atoms. The van der Waals surface area contributed by atoms with Crippen molar-refractivity contribution in [1.29, 1.82) is 0 Å². The summed E-state index contributed by atoms with van der Waals surface area (Å²) < 4.78 is 15.2. The number of hydrogen-bond donors (Lipinski definition) is 6. The van der Waals surface area contributed by atoms with Crippen molar-refractivity contribution in [3.8, 4) is 40.2 Å². The van der Waals surface area contributed by atoms with Gasteiger partial charge in [0.1, 0.15) is 12.4 Å². The molecule has 0 radical (unpaired) electrons. The molecule has 0 aliphatic carbocycles. The fourth-order valence-corrected chi connectivity index (χ4v) is 4.74. The molecule has 12 nitrogen and oxygen atoms in total. The number of benzene rings is 4. The van der Waals surface area contributed by atoms with Gasteiger partial charge in [-0.25, -0.2) is 5.48 Å². The van der Waals surface area contributed by atoms with Crippen molar-refractivity contribution in [3.63, 3.8) is 0 Å². The van der Waals surface area contributed by atoms with Crippen molar-refractivity contribution in [2.75, 3.05) is 41.0 Å². The lowest BCUT2D eigenvalue weighted by Gasteiger charge is -2.09. The maximum atomic E-state index is 11.9. The summed E-state index contributed by atoms with van der Waals surface area (Å²) in [5, 5.41) is 40.7. The smallest absolute Gasteiger partial charge is 0.220 e. The Hall–Kier alpha value is -5.46. The third-order valence-corrected chi connectivity index (χ3v) is 7.59. The zero-order valence-electron chi connectivity index (χ0n) is 28.6. The maximum Gasteiger partial charge on any atom is 0.220 e. The predicted molar refractivity (Wildman–Crippen MR) is 188 cm³/mol. The van der Waals surface area contributed by atoms with E-state index in [1.807, 2.05) is 12.1 Å². The Balaban J connectivity index is 0.000000270. The van der Waals surface area contributed by atoms with Gasteiger partial charge in [0.2, 0.25) is 5.91 Å². The monoisotopic (exact) mass is 690 g/mol. The molecule has 0 aliphatic rings. The molecule has 0 fully saturated rings. The van der Waals surface area contributed by atoms with Crippen molar-refractivity contribution in [3.05, 3.63) is 101 Å². The van der Waals surface area contributed by atoms with E-state index in [2.05, 4.69) is 10.8 Å². The van der Waals surface area contributed by atoms with Crippen molar-refractivity contribution < 1.29 is 49.1 Å². The van der Waals surface area contributed by atoms with E-state index < -0.39 is 0 Å². The number of aryl methyl sites for hydroxylation is 2. The molecule has 12 heteroatoms. The van der Waals surface area contributed by atoms with Crippen LogP contribution >= 0.6 is 0 Å². The number of phenols is 4. The molecule has 1 amide bonds. The molecule has 0 saturated heterocycles. The van der Waals surface area contributed by atoms with E-state index in [0.29, 0.717) is 62.4 Å². The van der Waals surface area contributed by atoms with Gasteiger partial charge in [-0.3, -0.25) is 14.4 Å². The third-order valence-electron chi connectivity index (χ3n) is 7.59. The molecule has 50 heavy (non-hydrogen) atoms. The summed E-state index contributed by atoms with van der Waals surface area (Å²) in [5.74, 6) is 1.67. The Kier molecular flexibility index (Phi) is 16.2. The second-order valence-corrected chi connectivity index (χ2v) is 11.3. The summed E-state index contributed by atoms with van der Waals surface area (Å²) in [4.78, 5) is 29.0. The maximum absolute atomic E-state index is 11.9. The number of amides is 1. The minimum atomic E-state index is -0.0437. The van der Waals surface area contributed by atoms with Crippen molar-refractivity contribution in [2.45, 2.75) is 38.5 Å². The van der Waals surface area contributed by atoms with Gasteiger partial charge in [0.25, 0.3) is 0 Å². The second kappa shape index (κ2) is 20.8. The molecule has 4 aromatic carbocycles. The number of carbonyl (C=O) groups is 2. The third kappa shape index (κ3) is 13.6. The summed E-state index contributed by atoms with van der Waals surface area (Å²) in [6.45, 7) is 1.09. The molecule has 4 rings (SSSR count). The van der Waals surface area contributed by atoms with Crippen LogP contribution in [0.1, 0.15) is 35.1 Å². The van der Waals surface area contributed by atoms with Gasteiger partial charge in [0.05, 0.1) is 21.3 Å². The Morgan fingerprint density at radius 2 is 1.00 bits per heavy atom. The Morgan fingerprint density at radius 3 is 1.50 bits per heavy atom. The van der Waals surface area contributed by atoms with Gasteiger partial charge in [0.15, 0.2) is 40.3 Å². The highest BCUT2D eigenvalue weighted by atomic mass is 16.6. The van der Waals surface area contributed by atoms with Crippen LogP contribution in [0, 0.1) is 0 Å². The van der Waals surface area contributed by atoms with Crippen LogP contribution in [0.2, 0.25) is 0 Å². The second-order valence-electron chi connectivity index (χ2n) is 11.3. The van der Waals surface area contributed by atoms with Gasteiger partial charge in [0, 0.05) is 25.9 Å². The molecular formula is C38H46N2O10. The standard InChI is InChI=1S/2C19H23NO5/c1-24-17-11-13(3-6-15(17)21)5-8-19(23)20-10-9-14-4-7-16(22)18(12-14)25-2;1-24-19-12-15(5-9-18(19)23)4-8-17(22)13-25-20-11-10-14-2-6-16(21)7-3-14/h3-4,6-7,11-12,21-22H,5,8-10H2,1-2H3,(H,20,23);2-3,5-7,9,12,20-21,23H,4,8,10-11,13H2,1H3. The van der Waals surface area contributed by atoms with E-state index in [1.165, 1.54) is 21.3 Å². The van der Waals surface area contributed by atoms with Crippen LogP contribution in [0.5, 0.6) is 40.2 Å². The summed E-state index contributed by atoms with van der Waals surface area (Å²) in [6.07, 6.45) is 3.22. The molecule has 0 heterocycles. The van der Waals surface area contributed by atoms with Crippen LogP contribution in [-0.4, -0.2) is 73.1 Å². The number of rotatable bonds is 18. The van der Waals surface area contributed by atoms with Crippen LogP contribution in [0.3, 0.4) is 0 Å². The molecule has 0 unspecified atom stereocenters. The van der Waals surface area contributed by atoms with E-state index in [0.717, 1.165) is 28.7 Å². The van der Waals surface area contributed by atoms with Gasteiger partial charge < -0.3 is 40.0 Å². The van der Waals surface area contributed by atoms with E-state index in [4.69, 9.17) is 19.0 Å². The molecule has 0 spiro atoms. The Morgan fingerprint density at radius 1 is 0.560 bits per heavy atom. The number of hydrogen-bond acceptors (Lipinski definition) is 11. The van der Waals surface area contributed by atoms with Crippen LogP contribution in [0.25, 0.3) is 0 Å². The number of Topliss-reactive ketones (excluding diaryl/α,β-unsaturated/α-hetero) is 1. The number of hydroxylamine groups is 1. The van der Waals surface area contributed by atoms with E-state index >= 15 is 0 Å². The average Bonchev–Trinajstić information content (AvgIpc) is 3.12. The summed E-state index contributed by atoms with van der Waals surface area (Å²) in [7, 11) is 4.48. The molecule has 0 aromatic heterocycles. The lowest BCUT2D eigenvalue weighted by Crippen LogP contribution is -2.25. The van der Waals surface area contributed by atoms with Gasteiger partial charge in [-0.1, -0.05) is 30.3 Å². The Labute approximate surface area is 292 Å². The zero-order chi connectivity index (χ0) is 36.3. The fourth-order valence-electron chi connectivity index (χ4n) is 4.74. The number of ether oxygens (including phenoxy) is 3. The first-order chi connectivity index (χ1) is 24.1. The number of phenolic OH excluding ortho intramolecular Hbond substituents is 4. The van der Waals surface area contributed by atoms with E-state index in [1.54, 1.807) is 66.7 Å². The summed E-state index contributed by atoms with van der Waals surface area (Å²) >= 11 is 0. The normalized spacial score (nSPS) is 10.5. The highest BCUT2D eigenvalue weighted by Crippen LogP contribution is 2.28. The molecule has 268 valence electrons. The van der Waals surface area contributed by atoms with Crippen molar-refractivity contribution >= 4 is 11.7 Å². The number of aromatic hydroxyl groups is 4. The molecule has 0 aliphatic heterocycles. The largest absolute Gasteiger partial charge is 0.508 e. The van der Waals surface area contributed by atoms with Gasteiger partial charge >= 0.3 is 0 Å². The SMILES string of the molecule is COc1cc(CCC(=O)CONCCc2ccc(O)cc2)ccc1O.COc1cc(CCNC(=O)CCc2ccc(O)c(OC)c2)ccc1O. The number of carbonyl (C=O) groups excluding carboxylic acids is 2. The van der Waals surface area contributed by atoms with Crippen LogP contribution in [0.15, 0.2) is 78.9 Å². The van der Waals surface area contributed by atoms with Crippen LogP contribution < -0.4 is 25.0 Å². The van der Waals surface area contributed by atoms with Gasteiger partial charge in [-0.15, -0.1) is 0 Å². The lowest BCUT2D eigenvalue weighted by atomic mass is 10.1. The first-order valence-electron chi connectivity index (χ1n) is 16.1. The van der Waals surface area contributed by atoms with E-state index in [9.17, 15) is 30.0 Å². The number of methoxy groups -OCH3 is 3. The first-order valence-corrected chi connectivity index (χ1v) is 16.1. The van der Waals surface area contributed by atoms with Crippen molar-refractivity contribution in [1.82, 2.24) is 10.8 Å². The van der Waals surface area contributed by atoms with Crippen molar-refractivity contribution in [2.24, 2.45) is 0 Å². The van der Waals surface area contributed by atoms with E-state index in [-0.39, 0.29) is 41.3 Å². The lowest BCUT2D eigenvalue weighted by molar-refractivity contribution is -0.126. The molecule has 6 N–H and O–H groups in total. The Bertz CT molecular complexity index is 1660. The minimum Gasteiger partial charge on any atom is -0.508 e. The predicted octanol–water partition coefficient (Wildman–Crippen LogP) is 4.78. The van der Waals surface area contributed by atoms with Gasteiger partial charge in [-0.05, 0) is 96.5 Å². The molecule has 4 aromatic rings. The fraction of sp³-hybridized carbons (Fsp3) is 0.316. The van der Waals surface area contributed by atoms with Crippen LogP contribution in [-0.2, 0) is 40.1 Å². The topological polar surface area (TPSA) is 176 Å². The average molecular weight is 691 g/mol. The molecule has 0 atom stereocenters. The zero-order valence-corrected chi connectivity index (χ0v) is 28.6.